The summed E-state index contributed by atoms with van der Waals surface area (Å²) >= 11 is 5.86. The highest BCUT2D eigenvalue weighted by molar-refractivity contribution is 6.30. The number of aromatic hydroxyl groups is 1. The molecule has 7 heteroatoms. The van der Waals surface area contributed by atoms with Gasteiger partial charge in [-0.3, -0.25) is 10.1 Å². The molecule has 0 saturated carbocycles. The van der Waals surface area contributed by atoms with Crippen molar-refractivity contribution in [2.75, 3.05) is 0 Å². The minimum absolute atomic E-state index is 0.0490. The second-order valence-electron chi connectivity index (χ2n) is 8.46. The fourth-order valence-corrected chi connectivity index (χ4v) is 3.00. The highest BCUT2D eigenvalue weighted by atomic mass is 35.5. The summed E-state index contributed by atoms with van der Waals surface area (Å²) in [6.45, 7) is 12.6. The van der Waals surface area contributed by atoms with Gasteiger partial charge in [0.2, 0.25) is 0 Å². The molecule has 0 aliphatic carbocycles. The van der Waals surface area contributed by atoms with Crippen molar-refractivity contribution >= 4 is 28.7 Å². The number of benzene rings is 2. The minimum Gasteiger partial charge on any atom is -0.505 e. The van der Waals surface area contributed by atoms with Crippen LogP contribution in [0, 0.1) is 10.1 Å². The summed E-state index contributed by atoms with van der Waals surface area (Å²) < 4.78 is 0. The Balaban J connectivity index is 2.67. The molecular formula is C22H28ClN3O3. The largest absolute Gasteiger partial charge is 0.505 e. The number of azo groups is 1. The lowest BCUT2D eigenvalue weighted by Gasteiger charge is -2.30. The topological polar surface area (TPSA) is 88.1 Å². The predicted molar refractivity (Wildman–Crippen MR) is 117 cm³/mol. The van der Waals surface area contributed by atoms with Crippen molar-refractivity contribution in [1.82, 2.24) is 0 Å². The van der Waals surface area contributed by atoms with Crippen LogP contribution in [0.4, 0.5) is 17.1 Å². The third-order valence-electron chi connectivity index (χ3n) is 5.77. The SMILES string of the molecule is CCC(C)(C)c1cc(N=Nc2ccc(Cl)cc2[N+](=O)[O-])c(O)c(C(C)(C)CC)c1. The van der Waals surface area contributed by atoms with E-state index in [1.54, 1.807) is 6.07 Å². The van der Waals surface area contributed by atoms with Crippen LogP contribution in [0.1, 0.15) is 65.5 Å². The Bertz CT molecular complexity index is 953. The van der Waals surface area contributed by atoms with Gasteiger partial charge in [-0.15, -0.1) is 10.2 Å². The Labute approximate surface area is 176 Å². The molecule has 2 aromatic rings. The summed E-state index contributed by atoms with van der Waals surface area (Å²) in [5.74, 6) is 0.0490. The van der Waals surface area contributed by atoms with Crippen molar-refractivity contribution in [2.45, 2.75) is 65.2 Å². The molecule has 0 atom stereocenters. The van der Waals surface area contributed by atoms with Gasteiger partial charge in [-0.1, -0.05) is 59.2 Å². The van der Waals surface area contributed by atoms with Gasteiger partial charge in [0.1, 0.15) is 11.4 Å². The summed E-state index contributed by atoms with van der Waals surface area (Å²) in [5, 5.41) is 30.7. The Morgan fingerprint density at radius 1 is 1.00 bits per heavy atom. The number of hydrogen-bond acceptors (Lipinski definition) is 5. The second kappa shape index (κ2) is 8.49. The summed E-state index contributed by atoms with van der Waals surface area (Å²) in [7, 11) is 0. The molecule has 0 heterocycles. The first-order valence-electron chi connectivity index (χ1n) is 9.66. The Kier molecular flexibility index (Phi) is 6.68. The van der Waals surface area contributed by atoms with Crippen LogP contribution in [0.3, 0.4) is 0 Å². The standard InChI is InChI=1S/C22H28ClN3O3/c1-7-21(3,4)14-11-16(22(5,6)8-2)20(27)18(12-14)25-24-17-10-9-15(23)13-19(17)26(28)29/h9-13,27H,7-8H2,1-6H3. The van der Waals surface area contributed by atoms with Crippen LogP contribution in [0.2, 0.25) is 5.02 Å². The average molecular weight is 418 g/mol. The van der Waals surface area contributed by atoms with Gasteiger partial charge >= 0.3 is 0 Å². The second-order valence-corrected chi connectivity index (χ2v) is 8.89. The summed E-state index contributed by atoms with van der Waals surface area (Å²) in [6.07, 6.45) is 1.73. The Morgan fingerprint density at radius 2 is 1.59 bits per heavy atom. The first kappa shape index (κ1) is 22.8. The molecule has 0 amide bonds. The van der Waals surface area contributed by atoms with Crippen molar-refractivity contribution in [1.29, 1.82) is 0 Å². The van der Waals surface area contributed by atoms with E-state index in [-0.39, 0.29) is 33.0 Å². The van der Waals surface area contributed by atoms with Gasteiger partial charge in [0.25, 0.3) is 5.69 Å². The van der Waals surface area contributed by atoms with Crippen LogP contribution >= 0.6 is 11.6 Å². The van der Waals surface area contributed by atoms with E-state index >= 15 is 0 Å². The molecule has 2 aromatic carbocycles. The molecule has 1 N–H and O–H groups in total. The molecule has 6 nitrogen and oxygen atoms in total. The lowest BCUT2D eigenvalue weighted by molar-refractivity contribution is -0.384. The lowest BCUT2D eigenvalue weighted by Crippen LogP contribution is -2.20. The highest BCUT2D eigenvalue weighted by Gasteiger charge is 2.28. The van der Waals surface area contributed by atoms with E-state index in [4.69, 9.17) is 11.6 Å². The van der Waals surface area contributed by atoms with Gasteiger partial charge in [-0.05, 0) is 47.4 Å². The maximum atomic E-state index is 11.3. The van der Waals surface area contributed by atoms with Gasteiger partial charge in [0, 0.05) is 16.7 Å². The number of phenols is 1. The average Bonchev–Trinajstić information content (AvgIpc) is 2.67. The van der Waals surface area contributed by atoms with Crippen molar-refractivity contribution in [3.8, 4) is 5.75 Å². The molecule has 0 spiro atoms. The van der Waals surface area contributed by atoms with Crippen LogP contribution in [0.15, 0.2) is 40.6 Å². The Hall–Kier alpha value is -2.47. The minimum atomic E-state index is -0.553. The van der Waals surface area contributed by atoms with E-state index in [2.05, 4.69) is 51.8 Å². The third-order valence-corrected chi connectivity index (χ3v) is 6.00. The van der Waals surface area contributed by atoms with Crippen molar-refractivity contribution in [2.24, 2.45) is 10.2 Å². The molecule has 0 radical (unpaired) electrons. The zero-order chi connectivity index (χ0) is 22.0. The first-order chi connectivity index (χ1) is 13.4. The number of nitro groups is 1. The lowest BCUT2D eigenvalue weighted by atomic mass is 9.76. The predicted octanol–water partition coefficient (Wildman–Crippen LogP) is 7.74. The van der Waals surface area contributed by atoms with E-state index in [0.717, 1.165) is 24.0 Å². The summed E-state index contributed by atoms with van der Waals surface area (Å²) in [4.78, 5) is 10.7. The van der Waals surface area contributed by atoms with Gasteiger partial charge in [0.15, 0.2) is 5.69 Å². The van der Waals surface area contributed by atoms with Crippen molar-refractivity contribution < 1.29 is 10.0 Å². The normalized spacial score (nSPS) is 12.5. The number of phenolic OH excluding ortho intramolecular Hbond substituents is 1. The van der Waals surface area contributed by atoms with Crippen molar-refractivity contribution in [3.05, 3.63) is 56.6 Å². The molecule has 0 fully saturated rings. The fourth-order valence-electron chi connectivity index (χ4n) is 2.83. The summed E-state index contributed by atoms with van der Waals surface area (Å²) in [6, 6.07) is 8.03. The van der Waals surface area contributed by atoms with Gasteiger partial charge in [0.05, 0.1) is 4.92 Å². The molecule has 156 valence electrons. The van der Waals surface area contributed by atoms with E-state index in [9.17, 15) is 15.2 Å². The van der Waals surface area contributed by atoms with E-state index in [1.807, 2.05) is 6.07 Å². The van der Waals surface area contributed by atoms with Crippen LogP contribution < -0.4 is 0 Å². The van der Waals surface area contributed by atoms with Gasteiger partial charge in [-0.2, -0.15) is 0 Å². The maximum absolute atomic E-state index is 11.3. The van der Waals surface area contributed by atoms with Gasteiger partial charge in [-0.25, -0.2) is 0 Å². The number of nitrogens with zero attached hydrogens (tertiary/aromatic N) is 3. The molecule has 2 rings (SSSR count). The third kappa shape index (κ3) is 4.93. The molecule has 0 aromatic heterocycles. The first-order valence-corrected chi connectivity index (χ1v) is 10.0. The highest BCUT2D eigenvalue weighted by Crippen LogP contribution is 2.44. The van der Waals surface area contributed by atoms with Gasteiger partial charge < -0.3 is 5.11 Å². The molecule has 0 unspecified atom stereocenters. The number of halogens is 1. The maximum Gasteiger partial charge on any atom is 0.298 e. The monoisotopic (exact) mass is 417 g/mol. The number of rotatable bonds is 7. The smallest absolute Gasteiger partial charge is 0.298 e. The Morgan fingerprint density at radius 3 is 2.14 bits per heavy atom. The molecule has 0 aliphatic rings. The summed E-state index contributed by atoms with van der Waals surface area (Å²) in [5.41, 5.74) is 1.58. The molecule has 0 aliphatic heterocycles. The van der Waals surface area contributed by atoms with E-state index < -0.39 is 4.92 Å². The van der Waals surface area contributed by atoms with Crippen LogP contribution in [-0.4, -0.2) is 10.0 Å². The molecular weight excluding hydrogens is 390 g/mol. The quantitative estimate of drug-likeness (QED) is 0.283. The van der Waals surface area contributed by atoms with E-state index in [1.165, 1.54) is 18.2 Å². The van der Waals surface area contributed by atoms with Crippen LogP contribution in [0.5, 0.6) is 5.75 Å². The zero-order valence-electron chi connectivity index (χ0n) is 17.8. The number of hydrogen-bond donors (Lipinski definition) is 1. The van der Waals surface area contributed by atoms with E-state index in [0.29, 0.717) is 5.69 Å². The molecule has 0 bridgehead atoms. The zero-order valence-corrected chi connectivity index (χ0v) is 18.5. The molecule has 29 heavy (non-hydrogen) atoms. The number of nitro benzene ring substituents is 1. The fraction of sp³-hybridized carbons (Fsp3) is 0.455. The van der Waals surface area contributed by atoms with Crippen LogP contribution in [0.25, 0.3) is 0 Å². The van der Waals surface area contributed by atoms with Crippen molar-refractivity contribution in [3.63, 3.8) is 0 Å². The molecule has 0 saturated heterocycles. The van der Waals surface area contributed by atoms with Crippen LogP contribution in [-0.2, 0) is 10.8 Å².